The van der Waals surface area contributed by atoms with E-state index in [1.54, 1.807) is 5.56 Å². The molecule has 1 rings (SSSR count). The number of rotatable bonds is 29. The molecule has 0 N–H and O–H groups in total. The van der Waals surface area contributed by atoms with E-state index in [-0.39, 0.29) is 0 Å². The minimum atomic E-state index is 0.793. The van der Waals surface area contributed by atoms with Crippen LogP contribution in [0.25, 0.3) is 0 Å². The minimum Gasteiger partial charge on any atom is -0.0654 e. The number of unbranched alkanes of at least 4 members (excludes halogenated alkanes) is 24. The molecule has 0 aliphatic heterocycles. The van der Waals surface area contributed by atoms with Crippen LogP contribution in [-0.2, 0) is 0 Å². The van der Waals surface area contributed by atoms with Crippen LogP contribution < -0.4 is 0 Å². The first-order valence-corrected chi connectivity index (χ1v) is 17.4. The van der Waals surface area contributed by atoms with Crippen molar-refractivity contribution in [1.29, 1.82) is 0 Å². The first-order chi connectivity index (χ1) is 18.4. The molecule has 216 valence electrons. The van der Waals surface area contributed by atoms with Crippen LogP contribution in [0.1, 0.15) is 205 Å². The fourth-order valence-corrected chi connectivity index (χ4v) is 6.02. The molecular formula is C37H68. The molecule has 0 aromatic heterocycles. The van der Waals surface area contributed by atoms with Gasteiger partial charge >= 0.3 is 0 Å². The molecule has 1 atom stereocenters. The molecule has 0 aliphatic carbocycles. The summed E-state index contributed by atoms with van der Waals surface area (Å²) in [7, 11) is 0. The number of hydrogen-bond acceptors (Lipinski definition) is 0. The molecule has 1 aromatic carbocycles. The zero-order valence-electron chi connectivity index (χ0n) is 25.8. The Morgan fingerprint density at radius 3 is 0.919 bits per heavy atom. The number of benzene rings is 1. The second-order valence-corrected chi connectivity index (χ2v) is 12.2. The van der Waals surface area contributed by atoms with Crippen molar-refractivity contribution in [3.05, 3.63) is 35.9 Å². The highest BCUT2D eigenvalue weighted by molar-refractivity contribution is 5.19. The molecule has 0 saturated heterocycles. The van der Waals surface area contributed by atoms with Gasteiger partial charge in [0.2, 0.25) is 0 Å². The van der Waals surface area contributed by atoms with Gasteiger partial charge in [0.15, 0.2) is 0 Å². The van der Waals surface area contributed by atoms with E-state index in [4.69, 9.17) is 0 Å². The Labute approximate surface area is 235 Å². The Morgan fingerprint density at radius 2 is 0.622 bits per heavy atom. The summed E-state index contributed by atoms with van der Waals surface area (Å²) in [4.78, 5) is 0. The second-order valence-electron chi connectivity index (χ2n) is 12.2. The van der Waals surface area contributed by atoms with Gasteiger partial charge in [-0.2, -0.15) is 0 Å². The maximum Gasteiger partial charge on any atom is -0.0162 e. The van der Waals surface area contributed by atoms with Crippen LogP contribution in [0.3, 0.4) is 0 Å². The number of hydrogen-bond donors (Lipinski definition) is 0. The average Bonchev–Trinajstić information content (AvgIpc) is 2.93. The smallest absolute Gasteiger partial charge is 0.0162 e. The van der Waals surface area contributed by atoms with Crippen LogP contribution >= 0.6 is 0 Å². The van der Waals surface area contributed by atoms with E-state index in [2.05, 4.69) is 44.2 Å². The zero-order valence-corrected chi connectivity index (χ0v) is 25.8. The summed E-state index contributed by atoms with van der Waals surface area (Å²) in [5.74, 6) is 0.793. The van der Waals surface area contributed by atoms with Gasteiger partial charge in [0, 0.05) is 0 Å². The van der Waals surface area contributed by atoms with E-state index in [9.17, 15) is 0 Å². The molecule has 0 saturated carbocycles. The lowest BCUT2D eigenvalue weighted by atomic mass is 9.88. The van der Waals surface area contributed by atoms with E-state index >= 15 is 0 Å². The van der Waals surface area contributed by atoms with Gasteiger partial charge in [-0.1, -0.05) is 211 Å². The zero-order chi connectivity index (χ0) is 26.5. The molecule has 0 spiro atoms. The summed E-state index contributed by atoms with van der Waals surface area (Å²) in [6, 6.07) is 11.4. The third-order valence-corrected chi connectivity index (χ3v) is 8.58. The van der Waals surface area contributed by atoms with Crippen molar-refractivity contribution in [1.82, 2.24) is 0 Å². The van der Waals surface area contributed by atoms with Gasteiger partial charge in [0.05, 0.1) is 0 Å². The van der Waals surface area contributed by atoms with Crippen molar-refractivity contribution in [3.8, 4) is 0 Å². The van der Waals surface area contributed by atoms with E-state index in [1.165, 1.54) is 180 Å². The summed E-state index contributed by atoms with van der Waals surface area (Å²) < 4.78 is 0. The molecule has 0 fully saturated rings. The van der Waals surface area contributed by atoms with Crippen molar-refractivity contribution in [2.24, 2.45) is 0 Å². The van der Waals surface area contributed by atoms with Gasteiger partial charge in [0.25, 0.3) is 0 Å². The summed E-state index contributed by atoms with van der Waals surface area (Å²) in [5.41, 5.74) is 1.60. The van der Waals surface area contributed by atoms with Gasteiger partial charge in [0.1, 0.15) is 0 Å². The Bertz CT molecular complexity index is 532. The Hall–Kier alpha value is -0.780. The van der Waals surface area contributed by atoms with E-state index in [1.807, 2.05) is 0 Å². The van der Waals surface area contributed by atoms with Crippen molar-refractivity contribution in [2.45, 2.75) is 200 Å². The Morgan fingerprint density at radius 1 is 0.351 bits per heavy atom. The molecule has 0 radical (unpaired) electrons. The molecule has 1 unspecified atom stereocenters. The van der Waals surface area contributed by atoms with Crippen LogP contribution in [-0.4, -0.2) is 0 Å². The first kappa shape index (κ1) is 34.2. The van der Waals surface area contributed by atoms with Gasteiger partial charge < -0.3 is 0 Å². The van der Waals surface area contributed by atoms with Gasteiger partial charge in [-0.05, 0) is 24.3 Å². The third-order valence-electron chi connectivity index (χ3n) is 8.58. The van der Waals surface area contributed by atoms with Gasteiger partial charge in [-0.3, -0.25) is 0 Å². The maximum atomic E-state index is 2.38. The highest BCUT2D eigenvalue weighted by atomic mass is 14.2. The first-order valence-electron chi connectivity index (χ1n) is 17.4. The largest absolute Gasteiger partial charge is 0.0654 e. The van der Waals surface area contributed by atoms with Crippen molar-refractivity contribution < 1.29 is 0 Å². The highest BCUT2D eigenvalue weighted by Gasteiger charge is 2.11. The van der Waals surface area contributed by atoms with Crippen LogP contribution in [0.5, 0.6) is 0 Å². The molecule has 0 nitrogen and oxygen atoms in total. The molecule has 0 aliphatic rings. The van der Waals surface area contributed by atoms with E-state index in [0.717, 1.165) is 5.92 Å². The third kappa shape index (κ3) is 22.9. The molecular weight excluding hydrogens is 444 g/mol. The predicted octanol–water partition coefficient (Wildman–Crippen LogP) is 13.7. The summed E-state index contributed by atoms with van der Waals surface area (Å²) in [6.45, 7) is 4.62. The summed E-state index contributed by atoms with van der Waals surface area (Å²) in [5, 5.41) is 0. The standard InChI is InChI=1S/C37H68/c1-3-5-7-9-11-13-15-16-17-18-19-20-22-24-26-29-33-36(37-34-30-27-31-35-37)32-28-25-23-21-14-12-10-8-6-4-2/h27,30-31,34-36H,3-26,28-29,32-33H2,1-2H3. The molecule has 0 heteroatoms. The van der Waals surface area contributed by atoms with Crippen LogP contribution in [0.4, 0.5) is 0 Å². The van der Waals surface area contributed by atoms with Gasteiger partial charge in [-0.25, -0.2) is 0 Å². The lowest BCUT2D eigenvalue weighted by molar-refractivity contribution is 0.480. The SMILES string of the molecule is CCCCCCCCCCCCCCCCCCC(CCCCCCCCCCCC)c1ccccc1. The molecule has 0 heterocycles. The minimum absolute atomic E-state index is 0.793. The molecule has 37 heavy (non-hydrogen) atoms. The monoisotopic (exact) mass is 513 g/mol. The lowest BCUT2D eigenvalue weighted by Crippen LogP contribution is -1.99. The van der Waals surface area contributed by atoms with Crippen LogP contribution in [0, 0.1) is 0 Å². The van der Waals surface area contributed by atoms with Crippen LogP contribution in [0.2, 0.25) is 0 Å². The predicted molar refractivity (Wildman–Crippen MR) is 170 cm³/mol. The molecule has 0 bridgehead atoms. The summed E-state index contributed by atoms with van der Waals surface area (Å²) in [6.07, 6.45) is 40.6. The maximum absolute atomic E-state index is 2.38. The van der Waals surface area contributed by atoms with E-state index in [0.29, 0.717) is 0 Å². The highest BCUT2D eigenvalue weighted by Crippen LogP contribution is 2.29. The molecule has 0 amide bonds. The fraction of sp³-hybridized carbons (Fsp3) is 0.838. The van der Waals surface area contributed by atoms with Crippen LogP contribution in [0.15, 0.2) is 30.3 Å². The average molecular weight is 513 g/mol. The van der Waals surface area contributed by atoms with E-state index < -0.39 is 0 Å². The topological polar surface area (TPSA) is 0 Å². The lowest BCUT2D eigenvalue weighted by Gasteiger charge is -2.17. The quantitative estimate of drug-likeness (QED) is 0.0936. The van der Waals surface area contributed by atoms with Crippen molar-refractivity contribution in [2.75, 3.05) is 0 Å². The van der Waals surface area contributed by atoms with Gasteiger partial charge in [-0.15, -0.1) is 0 Å². The van der Waals surface area contributed by atoms with Crippen molar-refractivity contribution in [3.63, 3.8) is 0 Å². The fourth-order valence-electron chi connectivity index (χ4n) is 6.02. The summed E-state index contributed by atoms with van der Waals surface area (Å²) >= 11 is 0. The van der Waals surface area contributed by atoms with Crippen molar-refractivity contribution >= 4 is 0 Å². The Balaban J connectivity index is 1.99. The Kier molecular flexibility index (Phi) is 26.1. The normalized spacial score (nSPS) is 12.3. The second kappa shape index (κ2) is 28.2. The molecule has 1 aromatic rings.